The summed E-state index contributed by atoms with van der Waals surface area (Å²) in [5, 5.41) is 2.72. The minimum atomic E-state index is -0.167. The molecule has 7 nitrogen and oxygen atoms in total. The van der Waals surface area contributed by atoms with Gasteiger partial charge in [-0.2, -0.15) is 0 Å². The number of ether oxygens (including phenoxy) is 3. The zero-order valence-electron chi connectivity index (χ0n) is 15.6. The fraction of sp³-hybridized carbons (Fsp3) is 0.300. The molecule has 2 amide bonds. The van der Waals surface area contributed by atoms with Gasteiger partial charge in [-0.3, -0.25) is 9.59 Å². The second kappa shape index (κ2) is 7.99. The number of hydrogen-bond donors (Lipinski definition) is 1. The van der Waals surface area contributed by atoms with Crippen LogP contribution in [0.15, 0.2) is 36.4 Å². The van der Waals surface area contributed by atoms with Crippen LogP contribution < -0.4 is 19.5 Å². The zero-order chi connectivity index (χ0) is 19.4. The number of benzene rings is 2. The van der Waals surface area contributed by atoms with E-state index in [9.17, 15) is 9.59 Å². The van der Waals surface area contributed by atoms with Crippen LogP contribution in [0.25, 0.3) is 11.1 Å². The Kier molecular flexibility index (Phi) is 5.49. The van der Waals surface area contributed by atoms with Crippen molar-refractivity contribution in [2.75, 3.05) is 41.0 Å². The second-order valence-electron chi connectivity index (χ2n) is 6.07. The molecule has 0 radical (unpaired) electrons. The molecule has 0 atom stereocenters. The number of carbonyl (C=O) groups excluding carboxylic acids is 2. The maximum atomic E-state index is 12.8. The largest absolute Gasteiger partial charge is 0.493 e. The zero-order valence-corrected chi connectivity index (χ0v) is 15.6. The Morgan fingerprint density at radius 1 is 1.00 bits per heavy atom. The molecule has 0 aliphatic carbocycles. The van der Waals surface area contributed by atoms with Crippen molar-refractivity contribution >= 4 is 11.8 Å². The monoisotopic (exact) mass is 370 g/mol. The molecule has 1 aliphatic rings. The minimum Gasteiger partial charge on any atom is -0.493 e. The highest BCUT2D eigenvalue weighted by atomic mass is 16.5. The van der Waals surface area contributed by atoms with E-state index in [4.69, 9.17) is 14.2 Å². The van der Waals surface area contributed by atoms with Crippen LogP contribution in [-0.4, -0.2) is 57.7 Å². The van der Waals surface area contributed by atoms with Crippen molar-refractivity contribution < 1.29 is 23.8 Å². The van der Waals surface area contributed by atoms with E-state index in [1.807, 2.05) is 24.3 Å². The summed E-state index contributed by atoms with van der Waals surface area (Å²) in [5.41, 5.74) is 2.19. The maximum Gasteiger partial charge on any atom is 0.254 e. The van der Waals surface area contributed by atoms with Crippen LogP contribution in [0.3, 0.4) is 0 Å². The number of nitrogens with zero attached hydrogens (tertiary/aromatic N) is 1. The van der Waals surface area contributed by atoms with E-state index < -0.39 is 0 Å². The third kappa shape index (κ3) is 3.81. The van der Waals surface area contributed by atoms with E-state index >= 15 is 0 Å². The summed E-state index contributed by atoms with van der Waals surface area (Å²) < 4.78 is 16.2. The molecule has 2 aromatic carbocycles. The quantitative estimate of drug-likeness (QED) is 0.871. The summed E-state index contributed by atoms with van der Waals surface area (Å²) in [4.78, 5) is 25.9. The molecule has 1 N–H and O–H groups in total. The van der Waals surface area contributed by atoms with E-state index in [1.54, 1.807) is 38.4 Å². The molecule has 27 heavy (non-hydrogen) atoms. The van der Waals surface area contributed by atoms with Gasteiger partial charge in [-0.1, -0.05) is 12.1 Å². The summed E-state index contributed by atoms with van der Waals surface area (Å²) in [5.74, 6) is 1.28. The lowest BCUT2D eigenvalue weighted by molar-refractivity contribution is -0.123. The molecule has 1 aliphatic heterocycles. The summed E-state index contributed by atoms with van der Waals surface area (Å²) in [6.45, 7) is 1.05. The molecule has 1 saturated heterocycles. The summed E-state index contributed by atoms with van der Waals surface area (Å²) in [6.07, 6.45) is 0. The van der Waals surface area contributed by atoms with Crippen LogP contribution in [0.2, 0.25) is 0 Å². The van der Waals surface area contributed by atoms with Gasteiger partial charge in [0, 0.05) is 18.7 Å². The molecule has 142 valence electrons. The van der Waals surface area contributed by atoms with Crippen LogP contribution >= 0.6 is 0 Å². The van der Waals surface area contributed by atoms with Gasteiger partial charge in [0.15, 0.2) is 11.5 Å². The molecule has 0 aromatic heterocycles. The van der Waals surface area contributed by atoms with Crippen molar-refractivity contribution in [1.82, 2.24) is 10.2 Å². The molecule has 0 unspecified atom stereocenters. The molecule has 0 bridgehead atoms. The van der Waals surface area contributed by atoms with Crippen molar-refractivity contribution in [3.63, 3.8) is 0 Å². The van der Waals surface area contributed by atoms with Crippen LogP contribution in [0.1, 0.15) is 10.4 Å². The Hall–Kier alpha value is -3.22. The van der Waals surface area contributed by atoms with Gasteiger partial charge in [0.1, 0.15) is 0 Å². The highest BCUT2D eigenvalue weighted by molar-refractivity contribution is 5.98. The van der Waals surface area contributed by atoms with Gasteiger partial charge in [-0.05, 0) is 35.4 Å². The first kappa shape index (κ1) is 18.6. The van der Waals surface area contributed by atoms with E-state index in [1.165, 1.54) is 0 Å². The SMILES string of the molecule is COc1cc(-c2cccc(C(=O)N3CCNC(=O)C3)c2)cc(OC)c1OC. The second-order valence-corrected chi connectivity index (χ2v) is 6.07. The standard InChI is InChI=1S/C20H22N2O5/c1-25-16-10-15(11-17(26-2)19(16)27-3)13-5-4-6-14(9-13)20(24)22-8-7-21-18(23)12-22/h4-6,9-11H,7-8,12H2,1-3H3,(H,21,23). The van der Waals surface area contributed by atoms with Gasteiger partial charge in [0.25, 0.3) is 5.91 Å². The summed E-state index contributed by atoms with van der Waals surface area (Å²) in [7, 11) is 4.67. The Morgan fingerprint density at radius 3 is 2.30 bits per heavy atom. The smallest absolute Gasteiger partial charge is 0.254 e. The van der Waals surface area contributed by atoms with Gasteiger partial charge >= 0.3 is 0 Å². The fourth-order valence-electron chi connectivity index (χ4n) is 3.07. The van der Waals surface area contributed by atoms with Gasteiger partial charge in [-0.25, -0.2) is 0 Å². The Bertz CT molecular complexity index is 840. The molecular formula is C20H22N2O5. The average molecular weight is 370 g/mol. The van der Waals surface area contributed by atoms with Crippen molar-refractivity contribution in [2.45, 2.75) is 0 Å². The molecular weight excluding hydrogens is 348 g/mol. The molecule has 3 rings (SSSR count). The maximum absolute atomic E-state index is 12.8. The first-order valence-corrected chi connectivity index (χ1v) is 8.53. The Labute approximate surface area is 157 Å². The highest BCUT2D eigenvalue weighted by Crippen LogP contribution is 2.41. The van der Waals surface area contributed by atoms with Gasteiger partial charge in [-0.15, -0.1) is 0 Å². The third-order valence-corrected chi connectivity index (χ3v) is 4.43. The van der Waals surface area contributed by atoms with Gasteiger partial charge in [0.2, 0.25) is 11.7 Å². The average Bonchev–Trinajstić information content (AvgIpc) is 2.72. The number of hydrogen-bond acceptors (Lipinski definition) is 5. The van der Waals surface area contributed by atoms with Crippen LogP contribution in [0, 0.1) is 0 Å². The third-order valence-electron chi connectivity index (χ3n) is 4.43. The van der Waals surface area contributed by atoms with Crippen molar-refractivity contribution in [1.29, 1.82) is 0 Å². The molecule has 7 heteroatoms. The first-order chi connectivity index (χ1) is 13.1. The van der Waals surface area contributed by atoms with Gasteiger partial charge < -0.3 is 24.4 Å². The number of rotatable bonds is 5. The lowest BCUT2D eigenvalue weighted by atomic mass is 10.0. The minimum absolute atomic E-state index is 0.0766. The molecule has 1 heterocycles. The summed E-state index contributed by atoms with van der Waals surface area (Å²) in [6, 6.07) is 10.9. The molecule has 1 fully saturated rings. The predicted octanol–water partition coefficient (Wildman–Crippen LogP) is 1.95. The number of amides is 2. The normalized spacial score (nSPS) is 13.7. The molecule has 0 saturated carbocycles. The lowest BCUT2D eigenvalue weighted by Crippen LogP contribution is -2.49. The van der Waals surface area contributed by atoms with Crippen LogP contribution in [0.4, 0.5) is 0 Å². The van der Waals surface area contributed by atoms with E-state index in [2.05, 4.69) is 5.32 Å². The van der Waals surface area contributed by atoms with Crippen molar-refractivity contribution in [3.8, 4) is 28.4 Å². The first-order valence-electron chi connectivity index (χ1n) is 8.53. The summed E-state index contributed by atoms with van der Waals surface area (Å²) >= 11 is 0. The number of carbonyl (C=O) groups is 2. The van der Waals surface area contributed by atoms with Crippen molar-refractivity contribution in [2.24, 2.45) is 0 Å². The molecule has 2 aromatic rings. The fourth-order valence-corrected chi connectivity index (χ4v) is 3.07. The number of methoxy groups -OCH3 is 3. The van der Waals surface area contributed by atoms with Crippen LogP contribution in [-0.2, 0) is 4.79 Å². The molecule has 0 spiro atoms. The number of nitrogens with one attached hydrogen (secondary N) is 1. The predicted molar refractivity (Wildman–Crippen MR) is 100 cm³/mol. The van der Waals surface area contributed by atoms with E-state index in [0.717, 1.165) is 11.1 Å². The van der Waals surface area contributed by atoms with E-state index in [0.29, 0.717) is 35.9 Å². The Balaban J connectivity index is 1.96. The number of piperazine rings is 1. The highest BCUT2D eigenvalue weighted by Gasteiger charge is 2.22. The van der Waals surface area contributed by atoms with Gasteiger partial charge in [0.05, 0.1) is 27.9 Å². The topological polar surface area (TPSA) is 77.1 Å². The Morgan fingerprint density at radius 2 is 1.70 bits per heavy atom. The lowest BCUT2D eigenvalue weighted by Gasteiger charge is -2.26. The van der Waals surface area contributed by atoms with E-state index in [-0.39, 0.29) is 18.4 Å². The van der Waals surface area contributed by atoms with Crippen molar-refractivity contribution in [3.05, 3.63) is 42.0 Å². The van der Waals surface area contributed by atoms with Crippen LogP contribution in [0.5, 0.6) is 17.2 Å².